The number of amides is 3. The van der Waals surface area contributed by atoms with Crippen molar-refractivity contribution in [1.82, 2.24) is 13.5 Å². The zero-order chi connectivity index (χ0) is 19.8. The van der Waals surface area contributed by atoms with E-state index < -0.39 is 22.3 Å². The van der Waals surface area contributed by atoms with E-state index in [1.807, 2.05) is 36.4 Å². The zero-order valence-corrected chi connectivity index (χ0v) is 16.3. The molecular formula is C19H20N4O4S. The molecule has 2 aromatic rings. The minimum atomic E-state index is -3.65. The van der Waals surface area contributed by atoms with Crippen LogP contribution in [0.1, 0.15) is 6.42 Å². The van der Waals surface area contributed by atoms with Gasteiger partial charge in [-0.05, 0) is 17.9 Å². The lowest BCUT2D eigenvalue weighted by molar-refractivity contribution is -0.120. The Labute approximate surface area is 163 Å². The predicted molar refractivity (Wildman–Crippen MR) is 104 cm³/mol. The molecule has 3 saturated heterocycles. The van der Waals surface area contributed by atoms with Crippen molar-refractivity contribution < 1.29 is 18.0 Å². The van der Waals surface area contributed by atoms with E-state index in [4.69, 9.17) is 0 Å². The SMILES string of the molecule is CN(C)S(=O)(=O)N1C[C@H]2CC1[C@H]1C(=O)N(c3cccc4ccccc34)C(=O)N21. The first kappa shape index (κ1) is 17.6. The highest BCUT2D eigenvalue weighted by Crippen LogP contribution is 2.44. The average molecular weight is 400 g/mol. The molecule has 0 spiro atoms. The Kier molecular flexibility index (Phi) is 3.62. The lowest BCUT2D eigenvalue weighted by Crippen LogP contribution is -2.56. The van der Waals surface area contributed by atoms with Crippen LogP contribution in [-0.2, 0) is 15.0 Å². The highest BCUT2D eigenvalue weighted by molar-refractivity contribution is 7.86. The Morgan fingerprint density at radius 3 is 2.50 bits per heavy atom. The van der Waals surface area contributed by atoms with Crippen molar-refractivity contribution in [3.63, 3.8) is 0 Å². The van der Waals surface area contributed by atoms with E-state index >= 15 is 0 Å². The van der Waals surface area contributed by atoms with Crippen molar-refractivity contribution in [2.45, 2.75) is 24.5 Å². The minimum absolute atomic E-state index is 0.226. The van der Waals surface area contributed by atoms with Crippen LogP contribution in [-0.4, -0.2) is 72.6 Å². The van der Waals surface area contributed by atoms with Crippen molar-refractivity contribution in [3.05, 3.63) is 42.5 Å². The first-order valence-electron chi connectivity index (χ1n) is 9.15. The maximum absolute atomic E-state index is 13.3. The molecule has 0 saturated carbocycles. The summed E-state index contributed by atoms with van der Waals surface area (Å²) in [5.74, 6) is -0.354. The van der Waals surface area contributed by atoms with Crippen LogP contribution in [0.15, 0.2) is 42.5 Å². The van der Waals surface area contributed by atoms with E-state index in [0.29, 0.717) is 12.1 Å². The van der Waals surface area contributed by atoms with Gasteiger partial charge in [-0.1, -0.05) is 36.4 Å². The number of urea groups is 1. The predicted octanol–water partition coefficient (Wildman–Crippen LogP) is 1.24. The summed E-state index contributed by atoms with van der Waals surface area (Å²) >= 11 is 0. The monoisotopic (exact) mass is 400 g/mol. The van der Waals surface area contributed by atoms with Crippen LogP contribution in [0.4, 0.5) is 10.5 Å². The van der Waals surface area contributed by atoms with Crippen molar-refractivity contribution in [3.8, 4) is 0 Å². The van der Waals surface area contributed by atoms with E-state index in [0.717, 1.165) is 15.1 Å². The molecule has 5 rings (SSSR count). The summed E-state index contributed by atoms with van der Waals surface area (Å²) in [6, 6.07) is 11.2. The summed E-state index contributed by atoms with van der Waals surface area (Å²) in [6.07, 6.45) is 0.499. The molecule has 2 aromatic carbocycles. The highest BCUT2D eigenvalue weighted by atomic mass is 32.2. The number of fused-ring (bicyclic) bond motifs is 6. The fraction of sp³-hybridized carbons (Fsp3) is 0.368. The molecule has 3 fully saturated rings. The summed E-state index contributed by atoms with van der Waals surface area (Å²) in [4.78, 5) is 29.3. The lowest BCUT2D eigenvalue weighted by Gasteiger charge is -2.35. The molecular weight excluding hydrogens is 380 g/mol. The molecule has 0 radical (unpaired) electrons. The van der Waals surface area contributed by atoms with Crippen LogP contribution < -0.4 is 4.90 Å². The number of carbonyl (C=O) groups is 2. The third kappa shape index (κ3) is 2.15. The molecule has 28 heavy (non-hydrogen) atoms. The molecule has 3 heterocycles. The van der Waals surface area contributed by atoms with Gasteiger partial charge in [0.1, 0.15) is 6.04 Å². The summed E-state index contributed by atoms with van der Waals surface area (Å²) < 4.78 is 27.8. The minimum Gasteiger partial charge on any atom is -0.306 e. The Hall–Kier alpha value is -2.49. The average Bonchev–Trinajstić information content (AvgIpc) is 3.33. The normalized spacial score (nSPS) is 27.5. The number of carbonyl (C=O) groups excluding carboxylic acids is 2. The van der Waals surface area contributed by atoms with Crippen LogP contribution in [0.3, 0.4) is 0 Å². The van der Waals surface area contributed by atoms with Crippen LogP contribution in [0.5, 0.6) is 0 Å². The molecule has 3 atom stereocenters. The summed E-state index contributed by atoms with van der Waals surface area (Å²) in [7, 11) is -0.695. The highest BCUT2D eigenvalue weighted by Gasteiger charge is 2.64. The van der Waals surface area contributed by atoms with Crippen LogP contribution in [0.25, 0.3) is 10.8 Å². The molecule has 3 amide bonds. The second-order valence-corrected chi connectivity index (χ2v) is 9.72. The summed E-state index contributed by atoms with van der Waals surface area (Å²) in [6.45, 7) is 0.226. The second kappa shape index (κ2) is 5.76. The first-order valence-corrected chi connectivity index (χ1v) is 10.6. The number of anilines is 1. The fourth-order valence-corrected chi connectivity index (χ4v) is 6.04. The van der Waals surface area contributed by atoms with Gasteiger partial charge in [0.05, 0.1) is 11.7 Å². The maximum Gasteiger partial charge on any atom is 0.332 e. The van der Waals surface area contributed by atoms with E-state index in [1.165, 1.54) is 23.3 Å². The molecule has 8 nitrogen and oxygen atoms in total. The molecule has 0 aliphatic carbocycles. The van der Waals surface area contributed by atoms with Crippen LogP contribution in [0, 0.1) is 0 Å². The molecule has 0 N–H and O–H groups in total. The standard InChI is InChI=1S/C19H20N4O4S/c1-20(2)28(26,27)21-11-13-10-16(21)17-18(24)23(19(25)22(13)17)15-9-5-7-12-6-3-4-8-14(12)15/h3-9,13,16-17H,10-11H2,1-2H3/t13-,16?,17+/m1/s1. The van der Waals surface area contributed by atoms with Crippen LogP contribution >= 0.6 is 0 Å². The van der Waals surface area contributed by atoms with Gasteiger partial charge in [0, 0.05) is 32.1 Å². The van der Waals surface area contributed by atoms with E-state index in [2.05, 4.69) is 0 Å². The number of hydrogen-bond acceptors (Lipinski definition) is 4. The van der Waals surface area contributed by atoms with Gasteiger partial charge in [-0.3, -0.25) is 4.79 Å². The maximum atomic E-state index is 13.3. The Morgan fingerprint density at radius 1 is 1.04 bits per heavy atom. The van der Waals surface area contributed by atoms with Gasteiger partial charge < -0.3 is 4.90 Å². The van der Waals surface area contributed by atoms with E-state index in [-0.39, 0.29) is 24.5 Å². The number of benzene rings is 2. The molecule has 1 unspecified atom stereocenters. The van der Waals surface area contributed by atoms with Gasteiger partial charge >= 0.3 is 6.03 Å². The quantitative estimate of drug-likeness (QED) is 0.726. The number of nitrogens with zero attached hydrogens (tertiary/aromatic N) is 4. The number of piperazine rings is 1. The van der Waals surface area contributed by atoms with Gasteiger partial charge in [0.2, 0.25) is 0 Å². The topological polar surface area (TPSA) is 81.2 Å². The second-order valence-electron chi connectivity index (χ2n) is 7.62. The number of rotatable bonds is 3. The smallest absolute Gasteiger partial charge is 0.306 e. The molecule has 9 heteroatoms. The Balaban J connectivity index is 1.56. The molecule has 0 aromatic heterocycles. The zero-order valence-electron chi connectivity index (χ0n) is 15.5. The Morgan fingerprint density at radius 2 is 1.75 bits per heavy atom. The molecule has 146 valence electrons. The third-order valence-corrected chi connectivity index (χ3v) is 7.92. The first-order chi connectivity index (χ1) is 13.3. The van der Waals surface area contributed by atoms with Gasteiger partial charge in [-0.2, -0.15) is 17.0 Å². The van der Waals surface area contributed by atoms with Crippen molar-refractivity contribution in [2.75, 3.05) is 25.5 Å². The molecule has 3 aliphatic rings. The number of imide groups is 1. The Bertz CT molecular complexity index is 1110. The number of hydrogen-bond donors (Lipinski definition) is 0. The van der Waals surface area contributed by atoms with Gasteiger partial charge in [-0.25, -0.2) is 9.69 Å². The van der Waals surface area contributed by atoms with E-state index in [1.54, 1.807) is 11.0 Å². The van der Waals surface area contributed by atoms with Crippen molar-refractivity contribution >= 4 is 38.6 Å². The fourth-order valence-electron chi connectivity index (χ4n) is 4.72. The van der Waals surface area contributed by atoms with Gasteiger partial charge in [0.15, 0.2) is 0 Å². The van der Waals surface area contributed by atoms with Crippen molar-refractivity contribution in [2.24, 2.45) is 0 Å². The van der Waals surface area contributed by atoms with Gasteiger partial charge in [0.25, 0.3) is 16.1 Å². The third-order valence-electron chi connectivity index (χ3n) is 5.98. The van der Waals surface area contributed by atoms with Crippen molar-refractivity contribution in [1.29, 1.82) is 0 Å². The molecule has 3 aliphatic heterocycles. The molecule has 2 bridgehead atoms. The largest absolute Gasteiger partial charge is 0.332 e. The van der Waals surface area contributed by atoms with E-state index in [9.17, 15) is 18.0 Å². The summed E-state index contributed by atoms with van der Waals surface area (Å²) in [5.41, 5.74) is 0.545. The lowest BCUT2D eigenvalue weighted by atomic mass is 10.1. The summed E-state index contributed by atoms with van der Waals surface area (Å²) in [5, 5.41) is 1.76. The van der Waals surface area contributed by atoms with Crippen LogP contribution in [0.2, 0.25) is 0 Å². The van der Waals surface area contributed by atoms with Gasteiger partial charge in [-0.15, -0.1) is 0 Å².